The zero-order chi connectivity index (χ0) is 15.7. The van der Waals surface area contributed by atoms with E-state index in [-0.39, 0.29) is 5.41 Å². The van der Waals surface area contributed by atoms with Crippen LogP contribution in [0.1, 0.15) is 26.5 Å². The lowest BCUT2D eigenvalue weighted by molar-refractivity contribution is 0.567. The summed E-state index contributed by atoms with van der Waals surface area (Å²) in [6.07, 6.45) is 0. The van der Waals surface area contributed by atoms with Crippen LogP contribution in [-0.2, 0) is 5.41 Å². The predicted octanol–water partition coefficient (Wildman–Crippen LogP) is 5.87. The maximum atomic E-state index is 4.73. The van der Waals surface area contributed by atoms with Gasteiger partial charge in [0.15, 0.2) is 8.68 Å². The van der Waals surface area contributed by atoms with Gasteiger partial charge in [-0.25, -0.2) is 4.98 Å². The summed E-state index contributed by atoms with van der Waals surface area (Å²) in [7, 11) is 0. The third kappa shape index (κ3) is 3.59. The van der Waals surface area contributed by atoms with Crippen molar-refractivity contribution in [2.45, 2.75) is 34.9 Å². The van der Waals surface area contributed by atoms with E-state index < -0.39 is 0 Å². The van der Waals surface area contributed by atoms with E-state index in [2.05, 4.69) is 46.9 Å². The SMILES string of the molecule is CC(C)(C)c1nc(Sc2nnc(-c3ccccc3)s2)sc1Br. The van der Waals surface area contributed by atoms with E-state index >= 15 is 0 Å². The van der Waals surface area contributed by atoms with Crippen LogP contribution in [0, 0.1) is 0 Å². The molecule has 0 aliphatic heterocycles. The molecule has 22 heavy (non-hydrogen) atoms. The molecule has 2 aromatic heterocycles. The Kier molecular flexibility index (Phi) is 4.68. The third-order valence-electron chi connectivity index (χ3n) is 2.88. The fourth-order valence-electron chi connectivity index (χ4n) is 1.81. The first kappa shape index (κ1) is 16.1. The molecular weight excluding hydrogens is 398 g/mol. The fourth-order valence-corrected chi connectivity index (χ4v) is 6.42. The summed E-state index contributed by atoms with van der Waals surface area (Å²) in [5.41, 5.74) is 2.22. The molecule has 0 spiro atoms. The van der Waals surface area contributed by atoms with Gasteiger partial charge in [-0.2, -0.15) is 0 Å². The van der Waals surface area contributed by atoms with Crippen LogP contribution in [0.3, 0.4) is 0 Å². The lowest BCUT2D eigenvalue weighted by atomic mass is 9.93. The Hall–Kier alpha value is -0.760. The Morgan fingerprint density at radius 2 is 1.73 bits per heavy atom. The molecule has 3 nitrogen and oxygen atoms in total. The number of aromatic nitrogens is 3. The smallest absolute Gasteiger partial charge is 0.181 e. The van der Waals surface area contributed by atoms with Crippen molar-refractivity contribution in [1.82, 2.24) is 15.2 Å². The second-order valence-electron chi connectivity index (χ2n) is 5.69. The minimum Gasteiger partial charge on any atom is -0.232 e. The van der Waals surface area contributed by atoms with Crippen molar-refractivity contribution in [1.29, 1.82) is 0 Å². The standard InChI is InChI=1S/C15H14BrN3S3/c1-15(2,3)10-11(16)20-13(17-10)22-14-19-18-12(21-14)9-7-5-4-6-8-9/h4-8H,1-3H3. The number of thiazole rings is 1. The van der Waals surface area contributed by atoms with E-state index in [1.54, 1.807) is 34.4 Å². The maximum Gasteiger partial charge on any atom is 0.181 e. The number of rotatable bonds is 3. The molecule has 2 heterocycles. The molecule has 1 aromatic carbocycles. The van der Waals surface area contributed by atoms with Gasteiger partial charge in [0.25, 0.3) is 0 Å². The van der Waals surface area contributed by atoms with Crippen LogP contribution in [-0.4, -0.2) is 15.2 Å². The summed E-state index contributed by atoms with van der Waals surface area (Å²) >= 11 is 8.44. The van der Waals surface area contributed by atoms with Crippen LogP contribution < -0.4 is 0 Å². The largest absolute Gasteiger partial charge is 0.232 e. The maximum absolute atomic E-state index is 4.73. The molecule has 0 bridgehead atoms. The van der Waals surface area contributed by atoms with Gasteiger partial charge in [0.2, 0.25) is 0 Å². The molecule has 0 aliphatic rings. The first-order chi connectivity index (χ1) is 10.4. The Bertz CT molecular complexity index is 775. The van der Waals surface area contributed by atoms with E-state index in [1.807, 2.05) is 30.3 Å². The minimum atomic E-state index is 0.0322. The fraction of sp³-hybridized carbons (Fsp3) is 0.267. The average molecular weight is 412 g/mol. The zero-order valence-corrected chi connectivity index (χ0v) is 16.4. The molecular formula is C15H14BrN3S3. The van der Waals surface area contributed by atoms with Crippen LogP contribution in [0.2, 0.25) is 0 Å². The Morgan fingerprint density at radius 1 is 1.00 bits per heavy atom. The summed E-state index contributed by atoms with van der Waals surface area (Å²) in [5, 5.41) is 9.48. The molecule has 0 amide bonds. The van der Waals surface area contributed by atoms with E-state index in [4.69, 9.17) is 4.98 Å². The Morgan fingerprint density at radius 3 is 2.36 bits per heavy atom. The van der Waals surface area contributed by atoms with Gasteiger partial charge >= 0.3 is 0 Å². The second-order valence-corrected chi connectivity index (χ2v) is 10.5. The zero-order valence-electron chi connectivity index (χ0n) is 12.3. The molecule has 0 N–H and O–H groups in total. The number of benzene rings is 1. The number of hydrogen-bond acceptors (Lipinski definition) is 6. The van der Waals surface area contributed by atoms with Crippen LogP contribution in [0.4, 0.5) is 0 Å². The molecule has 0 saturated carbocycles. The van der Waals surface area contributed by atoms with Crippen molar-refractivity contribution in [3.05, 3.63) is 39.8 Å². The predicted molar refractivity (Wildman–Crippen MR) is 98.0 cm³/mol. The summed E-state index contributed by atoms with van der Waals surface area (Å²) in [4.78, 5) is 4.73. The average Bonchev–Trinajstić information content (AvgIpc) is 3.07. The molecule has 0 aliphatic carbocycles. The van der Waals surface area contributed by atoms with E-state index in [9.17, 15) is 0 Å². The van der Waals surface area contributed by atoms with Crippen molar-refractivity contribution in [3.63, 3.8) is 0 Å². The van der Waals surface area contributed by atoms with Crippen LogP contribution in [0.5, 0.6) is 0 Å². The number of nitrogens with zero attached hydrogens (tertiary/aromatic N) is 3. The molecule has 3 rings (SSSR count). The van der Waals surface area contributed by atoms with Crippen molar-refractivity contribution < 1.29 is 0 Å². The molecule has 7 heteroatoms. The van der Waals surface area contributed by atoms with Crippen molar-refractivity contribution >= 4 is 50.4 Å². The topological polar surface area (TPSA) is 38.7 Å². The van der Waals surface area contributed by atoms with Gasteiger partial charge < -0.3 is 0 Å². The molecule has 0 saturated heterocycles. The Balaban J connectivity index is 1.82. The van der Waals surface area contributed by atoms with Crippen LogP contribution in [0.25, 0.3) is 10.6 Å². The van der Waals surface area contributed by atoms with Gasteiger partial charge in [-0.15, -0.1) is 10.2 Å². The summed E-state index contributed by atoms with van der Waals surface area (Å²) < 4.78 is 3.00. The molecule has 3 aromatic rings. The van der Waals surface area contributed by atoms with Crippen molar-refractivity contribution in [2.24, 2.45) is 0 Å². The molecule has 114 valence electrons. The Labute approximate surface area is 150 Å². The summed E-state index contributed by atoms with van der Waals surface area (Å²) in [6.45, 7) is 6.50. The molecule has 0 unspecified atom stereocenters. The first-order valence-electron chi connectivity index (χ1n) is 6.67. The summed E-state index contributed by atoms with van der Waals surface area (Å²) in [6, 6.07) is 10.1. The van der Waals surface area contributed by atoms with Crippen LogP contribution >= 0.6 is 50.4 Å². The van der Waals surface area contributed by atoms with E-state index in [0.29, 0.717) is 0 Å². The van der Waals surface area contributed by atoms with Gasteiger partial charge in [-0.1, -0.05) is 73.8 Å². The molecule has 0 atom stereocenters. The number of hydrogen-bond donors (Lipinski definition) is 0. The first-order valence-corrected chi connectivity index (χ1v) is 9.91. The highest BCUT2D eigenvalue weighted by Crippen LogP contribution is 2.41. The van der Waals surface area contributed by atoms with E-state index in [1.165, 1.54) is 0 Å². The molecule has 0 fully saturated rings. The molecule has 0 radical (unpaired) electrons. The van der Waals surface area contributed by atoms with E-state index in [0.717, 1.165) is 28.7 Å². The summed E-state index contributed by atoms with van der Waals surface area (Å²) in [5.74, 6) is 0. The van der Waals surface area contributed by atoms with Gasteiger partial charge in [0.05, 0.1) is 9.48 Å². The van der Waals surface area contributed by atoms with Gasteiger partial charge in [0, 0.05) is 11.0 Å². The number of halogens is 1. The van der Waals surface area contributed by atoms with Gasteiger partial charge in [0.1, 0.15) is 5.01 Å². The lowest BCUT2D eigenvalue weighted by Gasteiger charge is -2.15. The minimum absolute atomic E-state index is 0.0322. The quantitative estimate of drug-likeness (QED) is 0.539. The van der Waals surface area contributed by atoms with Gasteiger partial charge in [-0.3, -0.25) is 0 Å². The monoisotopic (exact) mass is 411 g/mol. The highest BCUT2D eigenvalue weighted by atomic mass is 79.9. The highest BCUT2D eigenvalue weighted by molar-refractivity contribution is 9.11. The highest BCUT2D eigenvalue weighted by Gasteiger charge is 2.23. The lowest BCUT2D eigenvalue weighted by Crippen LogP contribution is -2.12. The van der Waals surface area contributed by atoms with Crippen molar-refractivity contribution in [3.8, 4) is 10.6 Å². The van der Waals surface area contributed by atoms with Crippen molar-refractivity contribution in [2.75, 3.05) is 0 Å². The normalized spacial score (nSPS) is 11.8. The second kappa shape index (κ2) is 6.39. The van der Waals surface area contributed by atoms with Gasteiger partial charge in [-0.05, 0) is 27.7 Å². The third-order valence-corrected chi connectivity index (χ3v) is 6.67. The van der Waals surface area contributed by atoms with Crippen LogP contribution in [0.15, 0.2) is 42.8 Å².